The Kier molecular flexibility index (Phi) is 3.71. The summed E-state index contributed by atoms with van der Waals surface area (Å²) in [7, 11) is 0. The van der Waals surface area contributed by atoms with E-state index in [1.807, 2.05) is 6.08 Å². The van der Waals surface area contributed by atoms with E-state index in [0.29, 0.717) is 36.5 Å². The molecule has 0 aromatic heterocycles. The van der Waals surface area contributed by atoms with Gasteiger partial charge in [0.05, 0.1) is 6.10 Å². The molecule has 0 saturated heterocycles. The van der Waals surface area contributed by atoms with Crippen LogP contribution < -0.4 is 0 Å². The maximum atomic E-state index is 11.8. The molecule has 2 N–H and O–H groups in total. The minimum atomic E-state index is -1.38. The number of aliphatic hydroxyl groups is 2. The van der Waals surface area contributed by atoms with Gasteiger partial charge in [-0.25, -0.2) is 0 Å². The Morgan fingerprint density at radius 3 is 2.79 bits per heavy atom. The summed E-state index contributed by atoms with van der Waals surface area (Å²) in [4.78, 5) is 11.8. The van der Waals surface area contributed by atoms with Crippen LogP contribution in [0.25, 0.3) is 0 Å². The van der Waals surface area contributed by atoms with Gasteiger partial charge in [0, 0.05) is 11.8 Å². The molecule has 3 saturated carbocycles. The van der Waals surface area contributed by atoms with Crippen molar-refractivity contribution in [1.82, 2.24) is 0 Å². The van der Waals surface area contributed by atoms with Gasteiger partial charge in [-0.3, -0.25) is 4.79 Å². The Balaban J connectivity index is 1.70. The molecule has 3 fully saturated rings. The van der Waals surface area contributed by atoms with Gasteiger partial charge >= 0.3 is 0 Å². The number of carbonyl (C=O) groups is 1. The second-order valence-corrected chi connectivity index (χ2v) is 8.51. The Morgan fingerprint density at radius 2 is 2.08 bits per heavy atom. The predicted molar refractivity (Wildman–Crippen MR) is 91.9 cm³/mol. The Labute approximate surface area is 144 Å². The lowest BCUT2D eigenvalue weighted by molar-refractivity contribution is -0.125. The van der Waals surface area contributed by atoms with Gasteiger partial charge in [0.15, 0.2) is 11.4 Å². The fourth-order valence-corrected chi connectivity index (χ4v) is 6.96. The Morgan fingerprint density at radius 1 is 1.29 bits per heavy atom. The van der Waals surface area contributed by atoms with Gasteiger partial charge in [-0.1, -0.05) is 18.4 Å². The molecule has 0 heterocycles. The van der Waals surface area contributed by atoms with E-state index < -0.39 is 11.7 Å². The average Bonchev–Trinajstić information content (AvgIpc) is 2.83. The molecule has 0 radical (unpaired) electrons. The minimum Gasteiger partial charge on any atom is -0.389 e. The van der Waals surface area contributed by atoms with Gasteiger partial charge in [0.1, 0.15) is 0 Å². The summed E-state index contributed by atoms with van der Waals surface area (Å²) in [5, 5.41) is 21.7. The smallest absolute Gasteiger partial charge is 0.156 e. The number of terminal acetylenes is 1. The first-order chi connectivity index (χ1) is 11.5. The maximum Gasteiger partial charge on any atom is 0.156 e. The molecule has 3 heteroatoms. The van der Waals surface area contributed by atoms with E-state index in [1.165, 1.54) is 5.57 Å². The summed E-state index contributed by atoms with van der Waals surface area (Å²) < 4.78 is 0. The second-order valence-electron chi connectivity index (χ2n) is 8.51. The van der Waals surface area contributed by atoms with Crippen LogP contribution in [-0.4, -0.2) is 27.7 Å². The van der Waals surface area contributed by atoms with Crippen molar-refractivity contribution in [1.29, 1.82) is 0 Å². The van der Waals surface area contributed by atoms with Gasteiger partial charge in [-0.15, -0.1) is 6.42 Å². The topological polar surface area (TPSA) is 57.5 Å². The van der Waals surface area contributed by atoms with Gasteiger partial charge < -0.3 is 10.2 Å². The van der Waals surface area contributed by atoms with Crippen LogP contribution in [0, 0.1) is 41.4 Å². The highest BCUT2D eigenvalue weighted by Crippen LogP contribution is 2.66. The number of allylic oxidation sites excluding steroid dienone is 1. The lowest BCUT2D eigenvalue weighted by atomic mass is 9.49. The normalized spacial score (nSPS) is 50.3. The van der Waals surface area contributed by atoms with Crippen molar-refractivity contribution in [3.8, 4) is 12.3 Å². The van der Waals surface area contributed by atoms with Crippen LogP contribution in [0.5, 0.6) is 0 Å². The SMILES string of the molecule is C#C[C@]1(O)[C@@H](O)C[C@H]2[C@@H]3CCC4=CC(=O)CC[C@@H]4[C@H]3CC[C@@]21CC. The van der Waals surface area contributed by atoms with E-state index in [9.17, 15) is 15.0 Å². The molecule has 0 bridgehead atoms. The molecule has 4 aliphatic rings. The minimum absolute atomic E-state index is 0.288. The van der Waals surface area contributed by atoms with Crippen LogP contribution in [0.4, 0.5) is 0 Å². The molecule has 0 unspecified atom stereocenters. The van der Waals surface area contributed by atoms with Gasteiger partial charge in [-0.05, 0) is 74.7 Å². The number of aliphatic hydroxyl groups excluding tert-OH is 1. The monoisotopic (exact) mass is 328 g/mol. The van der Waals surface area contributed by atoms with Crippen molar-refractivity contribution in [3.05, 3.63) is 11.6 Å². The number of rotatable bonds is 1. The predicted octanol–water partition coefficient (Wildman–Crippen LogP) is 2.85. The number of carbonyl (C=O) groups excluding carboxylic acids is 1. The van der Waals surface area contributed by atoms with Crippen LogP contribution >= 0.6 is 0 Å². The van der Waals surface area contributed by atoms with Crippen molar-refractivity contribution in [2.75, 3.05) is 0 Å². The summed E-state index contributed by atoms with van der Waals surface area (Å²) in [5.74, 6) is 4.83. The van der Waals surface area contributed by atoms with Crippen molar-refractivity contribution >= 4 is 5.78 Å². The maximum absolute atomic E-state index is 11.8. The fraction of sp³-hybridized carbons (Fsp3) is 0.762. The first-order valence-electron chi connectivity index (χ1n) is 9.58. The Bertz CT molecular complexity index is 629. The van der Waals surface area contributed by atoms with Crippen LogP contribution in [0.3, 0.4) is 0 Å². The molecule has 3 nitrogen and oxygen atoms in total. The number of hydrogen-bond donors (Lipinski definition) is 2. The van der Waals surface area contributed by atoms with E-state index in [2.05, 4.69) is 12.8 Å². The molecular formula is C21H28O3. The summed E-state index contributed by atoms with van der Waals surface area (Å²) in [6, 6.07) is 0. The highest BCUT2D eigenvalue weighted by molar-refractivity contribution is 5.91. The van der Waals surface area contributed by atoms with E-state index in [-0.39, 0.29) is 11.2 Å². The Hall–Kier alpha value is -1.11. The van der Waals surface area contributed by atoms with Crippen molar-refractivity contribution in [3.63, 3.8) is 0 Å². The van der Waals surface area contributed by atoms with E-state index in [1.54, 1.807) is 0 Å². The molecular weight excluding hydrogens is 300 g/mol. The third kappa shape index (κ3) is 1.90. The van der Waals surface area contributed by atoms with Crippen LogP contribution in [-0.2, 0) is 4.79 Å². The molecule has 0 amide bonds. The van der Waals surface area contributed by atoms with E-state index in [4.69, 9.17) is 6.42 Å². The lowest BCUT2D eigenvalue weighted by Crippen LogP contribution is -2.55. The zero-order chi connectivity index (χ0) is 17.1. The molecule has 0 aromatic carbocycles. The molecule has 0 aromatic rings. The molecule has 4 rings (SSSR count). The molecule has 4 aliphatic carbocycles. The van der Waals surface area contributed by atoms with Gasteiger partial charge in [-0.2, -0.15) is 0 Å². The van der Waals surface area contributed by atoms with Crippen molar-refractivity contribution < 1.29 is 15.0 Å². The van der Waals surface area contributed by atoms with E-state index in [0.717, 1.165) is 38.5 Å². The summed E-state index contributed by atoms with van der Waals surface area (Å²) in [6.45, 7) is 2.11. The number of hydrogen-bond acceptors (Lipinski definition) is 3. The van der Waals surface area contributed by atoms with Crippen molar-refractivity contribution in [2.24, 2.45) is 29.1 Å². The number of ketones is 1. The average molecular weight is 328 g/mol. The third-order valence-electron chi connectivity index (χ3n) is 8.08. The third-order valence-corrected chi connectivity index (χ3v) is 8.08. The van der Waals surface area contributed by atoms with Crippen LogP contribution in [0.1, 0.15) is 58.3 Å². The standard InChI is InChI=1S/C21H28O3/c1-3-20-10-9-16-15-8-6-14(22)11-13(15)5-7-17(16)18(20)12-19(23)21(20,24)4-2/h2,11,15-19,23-24H,3,5-10,12H2,1H3/t15-,16+,17+,18-,19-,20-,21-/m0/s1. The zero-order valence-corrected chi connectivity index (χ0v) is 14.5. The second kappa shape index (κ2) is 5.44. The molecule has 130 valence electrons. The first-order valence-corrected chi connectivity index (χ1v) is 9.58. The summed E-state index contributed by atoms with van der Waals surface area (Å²) in [5.41, 5.74) is -0.355. The summed E-state index contributed by atoms with van der Waals surface area (Å²) in [6.07, 6.45) is 13.9. The zero-order valence-electron chi connectivity index (χ0n) is 14.5. The summed E-state index contributed by atoms with van der Waals surface area (Å²) >= 11 is 0. The quantitative estimate of drug-likeness (QED) is 0.728. The highest BCUT2D eigenvalue weighted by Gasteiger charge is 2.67. The van der Waals surface area contributed by atoms with E-state index >= 15 is 0 Å². The first kappa shape index (κ1) is 16.4. The van der Waals surface area contributed by atoms with Gasteiger partial charge in [0.2, 0.25) is 0 Å². The van der Waals surface area contributed by atoms with Crippen LogP contribution in [0.15, 0.2) is 11.6 Å². The largest absolute Gasteiger partial charge is 0.389 e. The molecule has 0 aliphatic heterocycles. The molecule has 24 heavy (non-hydrogen) atoms. The molecule has 7 atom stereocenters. The van der Waals surface area contributed by atoms with Crippen LogP contribution in [0.2, 0.25) is 0 Å². The molecule has 0 spiro atoms. The fourth-order valence-electron chi connectivity index (χ4n) is 6.96. The van der Waals surface area contributed by atoms with Crippen molar-refractivity contribution in [2.45, 2.75) is 70.0 Å². The highest BCUT2D eigenvalue weighted by atomic mass is 16.3. The number of fused-ring (bicyclic) bond motifs is 5. The lowest BCUT2D eigenvalue weighted by Gasteiger charge is -2.55. The van der Waals surface area contributed by atoms with Gasteiger partial charge in [0.25, 0.3) is 0 Å².